The van der Waals surface area contributed by atoms with Gasteiger partial charge >= 0.3 is 0 Å². The Kier molecular flexibility index (Phi) is 2.88. The molecule has 4 nitrogen and oxygen atoms in total. The maximum absolute atomic E-state index is 11.8. The number of halogens is 1. The number of pyridine rings is 1. The van der Waals surface area contributed by atoms with Gasteiger partial charge in [0.1, 0.15) is 5.15 Å². The Bertz CT molecular complexity index is 366. The minimum absolute atomic E-state index is 0.101. The summed E-state index contributed by atoms with van der Waals surface area (Å²) in [5.74, 6) is -0.101. The average molecular weight is 227 g/mol. The number of hydrogen-bond donors (Lipinski definition) is 1. The predicted molar refractivity (Wildman–Crippen MR) is 55.8 cm³/mol. The van der Waals surface area contributed by atoms with Crippen molar-refractivity contribution in [1.29, 1.82) is 0 Å². The van der Waals surface area contributed by atoms with Gasteiger partial charge in [0, 0.05) is 19.3 Å². The molecule has 0 unspecified atom stereocenters. The van der Waals surface area contributed by atoms with E-state index in [0.29, 0.717) is 30.2 Å². The molecule has 1 atom stereocenters. The van der Waals surface area contributed by atoms with E-state index in [1.807, 2.05) is 0 Å². The zero-order valence-electron chi connectivity index (χ0n) is 8.06. The zero-order valence-corrected chi connectivity index (χ0v) is 8.81. The minimum Gasteiger partial charge on any atom is -0.391 e. The van der Waals surface area contributed by atoms with Crippen LogP contribution < -0.4 is 0 Å². The van der Waals surface area contributed by atoms with Gasteiger partial charge in [-0.25, -0.2) is 4.98 Å². The topological polar surface area (TPSA) is 53.4 Å². The van der Waals surface area contributed by atoms with Gasteiger partial charge in [-0.05, 0) is 18.6 Å². The van der Waals surface area contributed by atoms with Crippen LogP contribution in [0.2, 0.25) is 5.15 Å². The van der Waals surface area contributed by atoms with Crippen LogP contribution in [0, 0.1) is 0 Å². The highest BCUT2D eigenvalue weighted by molar-refractivity contribution is 6.29. The molecule has 0 radical (unpaired) electrons. The van der Waals surface area contributed by atoms with E-state index in [-0.39, 0.29) is 5.91 Å². The molecule has 2 rings (SSSR count). The lowest BCUT2D eigenvalue weighted by Crippen LogP contribution is -2.29. The quantitative estimate of drug-likeness (QED) is 0.726. The second kappa shape index (κ2) is 4.16. The molecular formula is C10H11ClN2O2. The van der Waals surface area contributed by atoms with Crippen LogP contribution in [-0.4, -0.2) is 40.1 Å². The Hall–Kier alpha value is -1.13. The van der Waals surface area contributed by atoms with Crippen molar-refractivity contribution in [3.8, 4) is 0 Å². The van der Waals surface area contributed by atoms with Crippen LogP contribution in [0.15, 0.2) is 18.3 Å². The van der Waals surface area contributed by atoms with Gasteiger partial charge in [-0.1, -0.05) is 11.6 Å². The monoisotopic (exact) mass is 226 g/mol. The molecule has 1 amide bonds. The summed E-state index contributed by atoms with van der Waals surface area (Å²) in [6.07, 6.45) is 1.71. The molecule has 1 fully saturated rings. The summed E-state index contributed by atoms with van der Waals surface area (Å²) >= 11 is 5.62. The van der Waals surface area contributed by atoms with Crippen LogP contribution in [0.5, 0.6) is 0 Å². The van der Waals surface area contributed by atoms with Crippen LogP contribution >= 0.6 is 11.6 Å². The number of aromatic nitrogens is 1. The fourth-order valence-electron chi connectivity index (χ4n) is 1.61. The highest BCUT2D eigenvalue weighted by Crippen LogP contribution is 2.14. The van der Waals surface area contributed by atoms with Gasteiger partial charge in [-0.3, -0.25) is 4.79 Å². The van der Waals surface area contributed by atoms with E-state index in [2.05, 4.69) is 4.98 Å². The molecule has 80 valence electrons. The third kappa shape index (κ3) is 2.27. The second-order valence-corrected chi connectivity index (χ2v) is 3.95. The first kappa shape index (κ1) is 10.4. The molecule has 0 bridgehead atoms. The first-order valence-corrected chi connectivity index (χ1v) is 5.13. The number of nitrogens with zero attached hydrogens (tertiary/aromatic N) is 2. The number of carbonyl (C=O) groups is 1. The van der Waals surface area contributed by atoms with Crippen LogP contribution in [0.25, 0.3) is 0 Å². The van der Waals surface area contributed by atoms with E-state index < -0.39 is 6.10 Å². The van der Waals surface area contributed by atoms with E-state index in [9.17, 15) is 9.90 Å². The molecule has 0 aliphatic carbocycles. The van der Waals surface area contributed by atoms with E-state index >= 15 is 0 Å². The van der Waals surface area contributed by atoms with Crippen LogP contribution in [0.4, 0.5) is 0 Å². The largest absolute Gasteiger partial charge is 0.391 e. The molecule has 0 spiro atoms. The standard InChI is InChI=1S/C10H11ClN2O2/c11-9-2-1-7(5-12-9)10(15)13-4-3-8(14)6-13/h1-2,5,8,14H,3-4,6H2/t8-/m1/s1. The lowest BCUT2D eigenvalue weighted by molar-refractivity contribution is 0.0764. The summed E-state index contributed by atoms with van der Waals surface area (Å²) in [5.41, 5.74) is 0.508. The molecule has 2 heterocycles. The fraction of sp³-hybridized carbons (Fsp3) is 0.400. The van der Waals surface area contributed by atoms with Crippen molar-refractivity contribution in [1.82, 2.24) is 9.88 Å². The van der Waals surface area contributed by atoms with Crippen LogP contribution in [0.3, 0.4) is 0 Å². The molecule has 0 aromatic carbocycles. The average Bonchev–Trinajstić information content (AvgIpc) is 2.65. The Morgan fingerprint density at radius 2 is 2.40 bits per heavy atom. The zero-order chi connectivity index (χ0) is 10.8. The smallest absolute Gasteiger partial charge is 0.255 e. The fourth-order valence-corrected chi connectivity index (χ4v) is 1.72. The molecule has 1 aromatic rings. The van der Waals surface area contributed by atoms with Crippen molar-refractivity contribution in [2.45, 2.75) is 12.5 Å². The van der Waals surface area contributed by atoms with Crippen molar-refractivity contribution >= 4 is 17.5 Å². The third-order valence-electron chi connectivity index (χ3n) is 2.42. The van der Waals surface area contributed by atoms with Gasteiger partial charge in [-0.2, -0.15) is 0 Å². The Labute approximate surface area is 92.5 Å². The van der Waals surface area contributed by atoms with E-state index in [0.717, 1.165) is 0 Å². The van der Waals surface area contributed by atoms with Crippen molar-refractivity contribution in [3.05, 3.63) is 29.0 Å². The predicted octanol–water partition coefficient (Wildman–Crippen LogP) is 0.942. The molecule has 5 heteroatoms. The summed E-state index contributed by atoms with van der Waals surface area (Å²) < 4.78 is 0. The highest BCUT2D eigenvalue weighted by Gasteiger charge is 2.25. The van der Waals surface area contributed by atoms with Gasteiger partial charge < -0.3 is 10.0 Å². The number of likely N-dealkylation sites (tertiary alicyclic amines) is 1. The molecule has 1 N–H and O–H groups in total. The van der Waals surface area contributed by atoms with Crippen LogP contribution in [-0.2, 0) is 0 Å². The molecule has 0 saturated carbocycles. The molecule has 1 saturated heterocycles. The number of hydrogen-bond acceptors (Lipinski definition) is 3. The summed E-state index contributed by atoms with van der Waals surface area (Å²) in [6, 6.07) is 3.23. The maximum atomic E-state index is 11.8. The van der Waals surface area contributed by atoms with Crippen molar-refractivity contribution < 1.29 is 9.90 Å². The van der Waals surface area contributed by atoms with Crippen molar-refractivity contribution in [2.24, 2.45) is 0 Å². The SMILES string of the molecule is O=C(c1ccc(Cl)nc1)N1CC[C@@H](O)C1. The van der Waals surface area contributed by atoms with Gasteiger partial charge in [0.2, 0.25) is 0 Å². The van der Waals surface area contributed by atoms with E-state index in [1.54, 1.807) is 17.0 Å². The Balaban J connectivity index is 2.11. The lowest BCUT2D eigenvalue weighted by Gasteiger charge is -2.14. The Morgan fingerprint density at radius 3 is 2.93 bits per heavy atom. The first-order valence-electron chi connectivity index (χ1n) is 4.76. The summed E-state index contributed by atoms with van der Waals surface area (Å²) in [4.78, 5) is 17.3. The Morgan fingerprint density at radius 1 is 1.60 bits per heavy atom. The lowest BCUT2D eigenvalue weighted by atomic mass is 10.2. The normalized spacial score (nSPS) is 20.7. The van der Waals surface area contributed by atoms with Gasteiger partial charge in [0.15, 0.2) is 0 Å². The second-order valence-electron chi connectivity index (χ2n) is 3.56. The molecule has 1 aromatic heterocycles. The number of β-amino-alcohol motifs (C(OH)–C–C–N with tert-alkyl or cyclic N) is 1. The van der Waals surface area contributed by atoms with Gasteiger partial charge in [0.05, 0.1) is 11.7 Å². The maximum Gasteiger partial charge on any atom is 0.255 e. The molecule has 15 heavy (non-hydrogen) atoms. The van der Waals surface area contributed by atoms with Crippen LogP contribution in [0.1, 0.15) is 16.8 Å². The third-order valence-corrected chi connectivity index (χ3v) is 2.65. The molecule has 1 aliphatic rings. The summed E-state index contributed by atoms with van der Waals surface area (Å²) in [6.45, 7) is 1.00. The van der Waals surface area contributed by atoms with Crippen molar-refractivity contribution in [3.63, 3.8) is 0 Å². The van der Waals surface area contributed by atoms with Gasteiger partial charge in [-0.15, -0.1) is 0 Å². The number of carbonyl (C=O) groups excluding carboxylic acids is 1. The molecular weight excluding hydrogens is 216 g/mol. The summed E-state index contributed by atoms with van der Waals surface area (Å²) in [5, 5.41) is 9.68. The highest BCUT2D eigenvalue weighted by atomic mass is 35.5. The molecule has 1 aliphatic heterocycles. The number of rotatable bonds is 1. The number of amides is 1. The number of aliphatic hydroxyl groups excluding tert-OH is 1. The van der Waals surface area contributed by atoms with Gasteiger partial charge in [0.25, 0.3) is 5.91 Å². The summed E-state index contributed by atoms with van der Waals surface area (Å²) in [7, 11) is 0. The van der Waals surface area contributed by atoms with Crippen molar-refractivity contribution in [2.75, 3.05) is 13.1 Å². The minimum atomic E-state index is -0.394. The first-order chi connectivity index (χ1) is 7.16. The number of aliphatic hydroxyl groups is 1. The van der Waals surface area contributed by atoms with E-state index in [4.69, 9.17) is 11.6 Å². The van der Waals surface area contributed by atoms with E-state index in [1.165, 1.54) is 6.20 Å².